The molecular weight excluding hydrogens is 330 g/mol. The third kappa shape index (κ3) is 4.00. The molecule has 1 aromatic heterocycles. The van der Waals surface area contributed by atoms with E-state index in [9.17, 15) is 9.59 Å². The van der Waals surface area contributed by atoms with Gasteiger partial charge in [-0.3, -0.25) is 0 Å². The van der Waals surface area contributed by atoms with E-state index in [1.165, 1.54) is 12.1 Å². The van der Waals surface area contributed by atoms with Gasteiger partial charge in [0, 0.05) is 43.4 Å². The SMILES string of the molecule is Cc1cc(=O)oc2cc(OC(=O)/C=C/c3ccc(N(C)C)cc3)ccc12. The van der Waals surface area contributed by atoms with Gasteiger partial charge in [-0.15, -0.1) is 0 Å². The molecule has 0 saturated carbocycles. The zero-order valence-electron chi connectivity index (χ0n) is 14.9. The molecule has 0 radical (unpaired) electrons. The van der Waals surface area contributed by atoms with Crippen molar-refractivity contribution in [1.82, 2.24) is 0 Å². The predicted octanol–water partition coefficient (Wildman–Crippen LogP) is 3.79. The van der Waals surface area contributed by atoms with Gasteiger partial charge in [0.2, 0.25) is 0 Å². The molecule has 0 spiro atoms. The fourth-order valence-corrected chi connectivity index (χ4v) is 2.57. The standard InChI is InChI=1S/C21H19NO4/c1-14-12-21(24)26-19-13-17(9-10-18(14)19)25-20(23)11-6-15-4-7-16(8-5-15)22(2)3/h4-13H,1-3H3/b11-6+. The normalized spacial score (nSPS) is 11.0. The molecule has 3 aromatic rings. The molecule has 0 atom stereocenters. The Morgan fingerprint density at radius 1 is 1.08 bits per heavy atom. The summed E-state index contributed by atoms with van der Waals surface area (Å²) in [6.07, 6.45) is 3.05. The Balaban J connectivity index is 1.73. The summed E-state index contributed by atoms with van der Waals surface area (Å²) < 4.78 is 10.4. The maximum atomic E-state index is 12.0. The first-order valence-corrected chi connectivity index (χ1v) is 8.14. The third-order valence-electron chi connectivity index (χ3n) is 3.96. The first-order valence-electron chi connectivity index (χ1n) is 8.14. The maximum Gasteiger partial charge on any atom is 0.336 e. The summed E-state index contributed by atoms with van der Waals surface area (Å²) in [4.78, 5) is 25.5. The van der Waals surface area contributed by atoms with Gasteiger partial charge in [-0.2, -0.15) is 0 Å². The lowest BCUT2D eigenvalue weighted by molar-refractivity contribution is -0.128. The lowest BCUT2D eigenvalue weighted by atomic mass is 10.1. The fraction of sp³-hybridized carbons (Fsp3) is 0.143. The van der Waals surface area contributed by atoms with E-state index in [-0.39, 0.29) is 0 Å². The van der Waals surface area contributed by atoms with Gasteiger partial charge < -0.3 is 14.1 Å². The molecule has 0 aliphatic rings. The largest absolute Gasteiger partial charge is 0.423 e. The van der Waals surface area contributed by atoms with Gasteiger partial charge in [-0.25, -0.2) is 9.59 Å². The van der Waals surface area contributed by atoms with Crippen LogP contribution in [0.25, 0.3) is 17.0 Å². The number of esters is 1. The van der Waals surface area contributed by atoms with Crippen LogP contribution in [0.15, 0.2) is 63.8 Å². The highest BCUT2D eigenvalue weighted by Crippen LogP contribution is 2.22. The molecular formula is C21H19NO4. The van der Waals surface area contributed by atoms with Crippen molar-refractivity contribution in [2.24, 2.45) is 0 Å². The number of benzene rings is 2. The number of hydrogen-bond acceptors (Lipinski definition) is 5. The Morgan fingerprint density at radius 2 is 1.81 bits per heavy atom. The van der Waals surface area contributed by atoms with Gasteiger partial charge in [-0.1, -0.05) is 12.1 Å². The number of hydrogen-bond donors (Lipinski definition) is 0. The number of ether oxygens (including phenoxy) is 1. The summed E-state index contributed by atoms with van der Waals surface area (Å²) in [7, 11) is 3.94. The molecule has 0 amide bonds. The van der Waals surface area contributed by atoms with Gasteiger partial charge in [0.25, 0.3) is 0 Å². The van der Waals surface area contributed by atoms with E-state index in [1.54, 1.807) is 24.3 Å². The Labute approximate surface area is 151 Å². The molecule has 26 heavy (non-hydrogen) atoms. The second kappa shape index (κ2) is 7.27. The number of aryl methyl sites for hydroxylation is 1. The molecule has 132 valence electrons. The van der Waals surface area contributed by atoms with Crippen molar-refractivity contribution < 1.29 is 13.9 Å². The van der Waals surface area contributed by atoms with Crippen LogP contribution in [0.1, 0.15) is 11.1 Å². The first-order chi connectivity index (χ1) is 12.4. The number of carbonyl (C=O) groups is 1. The Kier molecular flexibility index (Phi) is 4.89. The van der Waals surface area contributed by atoms with Crippen LogP contribution in [0.5, 0.6) is 5.75 Å². The number of rotatable bonds is 4. The summed E-state index contributed by atoms with van der Waals surface area (Å²) in [5.41, 5.74) is 2.75. The summed E-state index contributed by atoms with van der Waals surface area (Å²) in [6, 6.07) is 14.2. The van der Waals surface area contributed by atoms with Crippen molar-refractivity contribution in [3.8, 4) is 5.75 Å². The van der Waals surface area contributed by atoms with E-state index in [4.69, 9.17) is 9.15 Å². The van der Waals surface area contributed by atoms with E-state index in [1.807, 2.05) is 50.2 Å². The van der Waals surface area contributed by atoms with E-state index in [2.05, 4.69) is 0 Å². The zero-order valence-corrected chi connectivity index (χ0v) is 14.9. The van der Waals surface area contributed by atoms with Crippen LogP contribution in [0.3, 0.4) is 0 Å². The van der Waals surface area contributed by atoms with Crippen molar-refractivity contribution in [2.75, 3.05) is 19.0 Å². The smallest absolute Gasteiger partial charge is 0.336 e. The summed E-state index contributed by atoms with van der Waals surface area (Å²) in [5, 5.41) is 0.806. The van der Waals surface area contributed by atoms with Crippen molar-refractivity contribution >= 4 is 28.7 Å². The van der Waals surface area contributed by atoms with Gasteiger partial charge in [-0.05, 0) is 48.4 Å². The van der Waals surface area contributed by atoms with Gasteiger partial charge >= 0.3 is 11.6 Å². The van der Waals surface area contributed by atoms with Crippen LogP contribution < -0.4 is 15.3 Å². The molecule has 3 rings (SSSR count). The first kappa shape index (κ1) is 17.5. The highest BCUT2D eigenvalue weighted by atomic mass is 16.5. The van der Waals surface area contributed by atoms with E-state index < -0.39 is 11.6 Å². The monoisotopic (exact) mass is 349 g/mol. The minimum absolute atomic E-state index is 0.323. The minimum atomic E-state index is -0.504. The summed E-state index contributed by atoms with van der Waals surface area (Å²) in [6.45, 7) is 1.83. The zero-order chi connectivity index (χ0) is 18.7. The van der Waals surface area contributed by atoms with Crippen LogP contribution >= 0.6 is 0 Å². The summed E-state index contributed by atoms with van der Waals surface area (Å²) >= 11 is 0. The second-order valence-electron chi connectivity index (χ2n) is 6.15. The number of nitrogens with zero attached hydrogens (tertiary/aromatic N) is 1. The lowest BCUT2D eigenvalue weighted by Gasteiger charge is -2.11. The quantitative estimate of drug-likeness (QED) is 0.310. The van der Waals surface area contributed by atoms with E-state index in [0.717, 1.165) is 22.2 Å². The highest BCUT2D eigenvalue weighted by molar-refractivity contribution is 5.89. The lowest BCUT2D eigenvalue weighted by Crippen LogP contribution is -2.08. The van der Waals surface area contributed by atoms with E-state index in [0.29, 0.717) is 11.3 Å². The maximum absolute atomic E-state index is 12.0. The molecule has 0 N–H and O–H groups in total. The molecule has 0 unspecified atom stereocenters. The Bertz CT molecular complexity index is 1030. The Morgan fingerprint density at radius 3 is 2.50 bits per heavy atom. The van der Waals surface area contributed by atoms with Crippen molar-refractivity contribution in [3.05, 3.63) is 76.2 Å². The van der Waals surface area contributed by atoms with Crippen molar-refractivity contribution in [1.29, 1.82) is 0 Å². The number of carbonyl (C=O) groups excluding carboxylic acids is 1. The summed E-state index contributed by atoms with van der Waals surface area (Å²) in [5.74, 6) is -0.181. The van der Waals surface area contributed by atoms with Crippen LogP contribution in [-0.4, -0.2) is 20.1 Å². The third-order valence-corrected chi connectivity index (χ3v) is 3.96. The molecule has 5 nitrogen and oxygen atoms in total. The van der Waals surface area contributed by atoms with Crippen LogP contribution in [0.4, 0.5) is 5.69 Å². The Hall–Kier alpha value is -3.34. The van der Waals surface area contributed by atoms with Crippen molar-refractivity contribution in [2.45, 2.75) is 6.92 Å². The molecule has 0 aliphatic heterocycles. The molecule has 0 saturated heterocycles. The minimum Gasteiger partial charge on any atom is -0.423 e. The second-order valence-corrected chi connectivity index (χ2v) is 6.15. The molecule has 1 heterocycles. The van der Waals surface area contributed by atoms with Crippen molar-refractivity contribution in [3.63, 3.8) is 0 Å². The fourth-order valence-electron chi connectivity index (χ4n) is 2.57. The predicted molar refractivity (Wildman–Crippen MR) is 103 cm³/mol. The molecule has 0 fully saturated rings. The van der Waals surface area contributed by atoms with Gasteiger partial charge in [0.1, 0.15) is 11.3 Å². The average molecular weight is 349 g/mol. The van der Waals surface area contributed by atoms with Crippen LogP contribution in [0, 0.1) is 6.92 Å². The van der Waals surface area contributed by atoms with Gasteiger partial charge in [0.15, 0.2) is 0 Å². The molecule has 0 bridgehead atoms. The van der Waals surface area contributed by atoms with Crippen LogP contribution in [0.2, 0.25) is 0 Å². The molecule has 5 heteroatoms. The van der Waals surface area contributed by atoms with Crippen LogP contribution in [-0.2, 0) is 4.79 Å². The topological polar surface area (TPSA) is 59.8 Å². The molecule has 2 aromatic carbocycles. The van der Waals surface area contributed by atoms with Gasteiger partial charge in [0.05, 0.1) is 0 Å². The number of anilines is 1. The molecule has 0 aliphatic carbocycles. The highest BCUT2D eigenvalue weighted by Gasteiger charge is 2.06. The average Bonchev–Trinajstić information content (AvgIpc) is 2.60. The van der Waals surface area contributed by atoms with E-state index >= 15 is 0 Å². The number of fused-ring (bicyclic) bond motifs is 1.